The van der Waals surface area contributed by atoms with Gasteiger partial charge in [0.2, 0.25) is 0 Å². The Morgan fingerprint density at radius 2 is 1.20 bits per heavy atom. The van der Waals surface area contributed by atoms with Gasteiger partial charge in [-0.3, -0.25) is 0 Å². The van der Waals surface area contributed by atoms with Crippen molar-refractivity contribution in [3.05, 3.63) is 12.7 Å². The van der Waals surface area contributed by atoms with Gasteiger partial charge in [-0.2, -0.15) is 0 Å². The van der Waals surface area contributed by atoms with Crippen LogP contribution in [0, 0.1) is 0 Å². The molecule has 0 heterocycles. The molecule has 0 fully saturated rings. The molecule has 0 aromatic heterocycles. The Morgan fingerprint density at radius 3 is 1.65 bits per heavy atom. The van der Waals surface area contributed by atoms with E-state index >= 15 is 0 Å². The molecule has 0 aromatic rings. The second-order valence-corrected chi connectivity index (χ2v) is 6.64. The van der Waals surface area contributed by atoms with Gasteiger partial charge in [0.25, 0.3) is 0 Å². The molecule has 2 heteroatoms. The van der Waals surface area contributed by atoms with Crippen molar-refractivity contribution in [2.45, 2.75) is 77.6 Å². The predicted octanol–water partition coefficient (Wildman–Crippen LogP) is 2.56. The minimum atomic E-state index is 0. The highest BCUT2D eigenvalue weighted by molar-refractivity contribution is 4.64. The minimum absolute atomic E-state index is 0. The van der Waals surface area contributed by atoms with Gasteiger partial charge < -0.3 is 16.9 Å². The fourth-order valence-electron chi connectivity index (χ4n) is 2.58. The minimum Gasteiger partial charge on any atom is -1.00 e. The third kappa shape index (κ3) is 16.0. The molecule has 0 bridgehead atoms. The first-order chi connectivity index (χ1) is 9.12. The lowest BCUT2D eigenvalue weighted by Gasteiger charge is -2.29. The Balaban J connectivity index is 0. The van der Waals surface area contributed by atoms with Crippen molar-refractivity contribution in [1.82, 2.24) is 0 Å². The SMILES string of the molecule is C=CCC[N+](C)(C)CCCCCCCCCCCC.[Cl-]. The topological polar surface area (TPSA) is 0 Å². The fourth-order valence-corrected chi connectivity index (χ4v) is 2.58. The van der Waals surface area contributed by atoms with Crippen LogP contribution in [0.25, 0.3) is 0 Å². The molecule has 122 valence electrons. The van der Waals surface area contributed by atoms with E-state index in [9.17, 15) is 0 Å². The molecule has 0 aliphatic heterocycles. The van der Waals surface area contributed by atoms with Crippen LogP contribution in [0.2, 0.25) is 0 Å². The number of rotatable bonds is 14. The maximum Gasteiger partial charge on any atom is 0.0817 e. The van der Waals surface area contributed by atoms with Crippen LogP contribution in [0.4, 0.5) is 0 Å². The summed E-state index contributed by atoms with van der Waals surface area (Å²) in [4.78, 5) is 0. The van der Waals surface area contributed by atoms with Crippen molar-refractivity contribution < 1.29 is 16.9 Å². The molecule has 0 radical (unpaired) electrons. The summed E-state index contributed by atoms with van der Waals surface area (Å²) >= 11 is 0. The first-order valence-corrected chi connectivity index (χ1v) is 8.55. The van der Waals surface area contributed by atoms with Gasteiger partial charge in [-0.05, 0) is 12.8 Å². The second-order valence-electron chi connectivity index (χ2n) is 6.64. The molecular formula is C18H38ClN. The standard InChI is InChI=1S/C18H38N.ClH/c1-5-7-9-10-11-12-13-14-15-16-18-19(3,4)17-8-6-2;/h6H,2,5,7-18H2,1,3-4H3;1H/q+1;/p-1. The number of halogens is 1. The molecule has 0 amide bonds. The van der Waals surface area contributed by atoms with E-state index in [1.165, 1.54) is 77.3 Å². The van der Waals surface area contributed by atoms with Gasteiger partial charge >= 0.3 is 0 Å². The lowest BCUT2D eigenvalue weighted by molar-refractivity contribution is -0.890. The fraction of sp³-hybridized carbons (Fsp3) is 0.889. The Kier molecular flexibility index (Phi) is 17.1. The first-order valence-electron chi connectivity index (χ1n) is 8.55. The number of unbranched alkanes of at least 4 members (excludes halogenated alkanes) is 9. The Bertz CT molecular complexity index is 202. The van der Waals surface area contributed by atoms with Crippen molar-refractivity contribution in [1.29, 1.82) is 0 Å². The van der Waals surface area contributed by atoms with Crippen LogP contribution in [-0.2, 0) is 0 Å². The van der Waals surface area contributed by atoms with E-state index in [0.717, 1.165) is 10.9 Å². The van der Waals surface area contributed by atoms with Crippen LogP contribution >= 0.6 is 0 Å². The number of hydrogen-bond acceptors (Lipinski definition) is 0. The summed E-state index contributed by atoms with van der Waals surface area (Å²) in [6, 6.07) is 0. The lowest BCUT2D eigenvalue weighted by atomic mass is 10.1. The molecule has 0 aliphatic rings. The Labute approximate surface area is 134 Å². The summed E-state index contributed by atoms with van der Waals surface area (Å²) in [5.41, 5.74) is 0. The third-order valence-electron chi connectivity index (χ3n) is 4.06. The van der Waals surface area contributed by atoms with Crippen molar-refractivity contribution >= 4 is 0 Å². The number of quaternary nitrogens is 1. The molecule has 0 atom stereocenters. The van der Waals surface area contributed by atoms with Gasteiger partial charge in [-0.1, -0.05) is 64.4 Å². The number of nitrogens with zero attached hydrogens (tertiary/aromatic N) is 1. The number of hydrogen-bond donors (Lipinski definition) is 0. The zero-order chi connectivity index (χ0) is 14.4. The van der Waals surface area contributed by atoms with Crippen LogP contribution in [-0.4, -0.2) is 31.7 Å². The molecule has 0 N–H and O–H groups in total. The van der Waals surface area contributed by atoms with Crippen LogP contribution in [0.1, 0.15) is 77.6 Å². The van der Waals surface area contributed by atoms with Crippen LogP contribution in [0.15, 0.2) is 12.7 Å². The normalized spacial score (nSPS) is 11.2. The van der Waals surface area contributed by atoms with E-state index < -0.39 is 0 Å². The zero-order valence-electron chi connectivity index (χ0n) is 14.3. The summed E-state index contributed by atoms with van der Waals surface area (Å²) in [6.45, 7) is 8.66. The Morgan fingerprint density at radius 1 is 0.750 bits per heavy atom. The summed E-state index contributed by atoms with van der Waals surface area (Å²) in [5.74, 6) is 0. The van der Waals surface area contributed by atoms with E-state index in [-0.39, 0.29) is 12.4 Å². The van der Waals surface area contributed by atoms with Crippen LogP contribution < -0.4 is 12.4 Å². The summed E-state index contributed by atoms with van der Waals surface area (Å²) in [6.07, 6.45) is 17.5. The lowest BCUT2D eigenvalue weighted by Crippen LogP contribution is -3.00. The molecule has 0 aromatic carbocycles. The van der Waals surface area contributed by atoms with Crippen molar-refractivity contribution in [2.24, 2.45) is 0 Å². The maximum absolute atomic E-state index is 3.81. The predicted molar refractivity (Wildman–Crippen MR) is 88.5 cm³/mol. The van der Waals surface area contributed by atoms with E-state index in [4.69, 9.17) is 0 Å². The molecular weight excluding hydrogens is 266 g/mol. The monoisotopic (exact) mass is 303 g/mol. The summed E-state index contributed by atoms with van der Waals surface area (Å²) in [5, 5.41) is 0. The van der Waals surface area contributed by atoms with E-state index in [2.05, 4.69) is 27.6 Å². The smallest absolute Gasteiger partial charge is 0.0817 e. The highest BCUT2D eigenvalue weighted by atomic mass is 35.5. The van der Waals surface area contributed by atoms with Gasteiger partial charge in [-0.25, -0.2) is 0 Å². The summed E-state index contributed by atoms with van der Waals surface area (Å²) in [7, 11) is 4.69. The molecule has 20 heavy (non-hydrogen) atoms. The maximum atomic E-state index is 3.81. The third-order valence-corrected chi connectivity index (χ3v) is 4.06. The van der Waals surface area contributed by atoms with Crippen molar-refractivity contribution in [2.75, 3.05) is 27.2 Å². The highest BCUT2D eigenvalue weighted by Gasteiger charge is 2.12. The first kappa shape index (κ1) is 22.3. The molecule has 0 unspecified atom stereocenters. The van der Waals surface area contributed by atoms with Gasteiger partial charge in [0.05, 0.1) is 27.2 Å². The highest BCUT2D eigenvalue weighted by Crippen LogP contribution is 2.11. The Hall–Kier alpha value is -0.0100. The van der Waals surface area contributed by atoms with Crippen molar-refractivity contribution in [3.8, 4) is 0 Å². The summed E-state index contributed by atoms with van der Waals surface area (Å²) < 4.78 is 1.16. The van der Waals surface area contributed by atoms with Gasteiger partial charge in [0.1, 0.15) is 0 Å². The average Bonchev–Trinajstić information content (AvgIpc) is 2.38. The zero-order valence-corrected chi connectivity index (χ0v) is 15.1. The van der Waals surface area contributed by atoms with Gasteiger partial charge in [0.15, 0.2) is 0 Å². The molecule has 0 saturated heterocycles. The van der Waals surface area contributed by atoms with Crippen LogP contribution in [0.5, 0.6) is 0 Å². The largest absolute Gasteiger partial charge is 1.00 e. The van der Waals surface area contributed by atoms with Crippen molar-refractivity contribution in [3.63, 3.8) is 0 Å². The quantitative estimate of drug-likeness (QED) is 0.263. The van der Waals surface area contributed by atoms with Gasteiger partial charge in [-0.15, -0.1) is 6.58 Å². The second kappa shape index (κ2) is 15.4. The average molecular weight is 304 g/mol. The van der Waals surface area contributed by atoms with Crippen LogP contribution in [0.3, 0.4) is 0 Å². The molecule has 0 rings (SSSR count). The molecule has 1 nitrogen and oxygen atoms in total. The van der Waals surface area contributed by atoms with E-state index in [1.807, 2.05) is 6.08 Å². The van der Waals surface area contributed by atoms with E-state index in [0.29, 0.717) is 0 Å². The molecule has 0 aliphatic carbocycles. The molecule has 0 spiro atoms. The molecule has 0 saturated carbocycles. The van der Waals surface area contributed by atoms with Gasteiger partial charge in [0, 0.05) is 6.42 Å². The van der Waals surface area contributed by atoms with E-state index in [1.54, 1.807) is 0 Å².